The highest BCUT2D eigenvalue weighted by Gasteiger charge is 2.36. The third-order valence-corrected chi connectivity index (χ3v) is 2.97. The van der Waals surface area contributed by atoms with Gasteiger partial charge in [-0.15, -0.1) is 11.6 Å². The number of halogens is 1. The highest BCUT2D eigenvalue weighted by atomic mass is 35.5. The third kappa shape index (κ3) is 2.26. The van der Waals surface area contributed by atoms with E-state index in [1.165, 1.54) is 16.1 Å². The molecule has 0 saturated carbocycles. The molecule has 1 atom stereocenters. The molecular formula is C11H15ClN4O2. The molecule has 1 aliphatic heterocycles. The molecule has 1 unspecified atom stereocenters. The Kier molecular flexibility index (Phi) is 3.16. The van der Waals surface area contributed by atoms with Gasteiger partial charge in [-0.1, -0.05) is 0 Å². The van der Waals surface area contributed by atoms with Gasteiger partial charge in [0.25, 0.3) is 0 Å². The van der Waals surface area contributed by atoms with Gasteiger partial charge >= 0.3 is 6.03 Å². The number of urea groups is 1. The zero-order chi connectivity index (χ0) is 13.5. The Balaban J connectivity index is 2.37. The monoisotopic (exact) mass is 270 g/mol. The molecule has 18 heavy (non-hydrogen) atoms. The van der Waals surface area contributed by atoms with E-state index in [0.717, 1.165) is 0 Å². The second-order valence-corrected chi connectivity index (χ2v) is 5.69. The maximum atomic E-state index is 11.9. The van der Waals surface area contributed by atoms with Gasteiger partial charge < -0.3 is 10.0 Å². The number of carbonyl (C=O) groups is 1. The lowest BCUT2D eigenvalue weighted by molar-refractivity contribution is 0.183. The second-order valence-electron chi connectivity index (χ2n) is 4.75. The molecule has 0 bridgehead atoms. The molecule has 1 saturated heterocycles. The van der Waals surface area contributed by atoms with E-state index < -0.39 is 11.1 Å². The molecule has 2 rings (SSSR count). The SMILES string of the molecule is CN1CC(O)N(c2cc(C(C)(C)Cl)ncn2)C1=O. The van der Waals surface area contributed by atoms with Crippen molar-refractivity contribution < 1.29 is 9.90 Å². The summed E-state index contributed by atoms with van der Waals surface area (Å²) in [6.07, 6.45) is 0.441. The summed E-state index contributed by atoms with van der Waals surface area (Å²) in [5.74, 6) is 0.357. The first-order valence-corrected chi connectivity index (χ1v) is 5.92. The van der Waals surface area contributed by atoms with Crippen LogP contribution in [-0.2, 0) is 4.87 Å². The molecule has 1 aromatic heterocycles. The quantitative estimate of drug-likeness (QED) is 0.818. The van der Waals surface area contributed by atoms with E-state index in [1.807, 2.05) is 0 Å². The Labute approximate surface area is 110 Å². The normalized spacial score (nSPS) is 20.7. The summed E-state index contributed by atoms with van der Waals surface area (Å²) in [7, 11) is 1.62. The lowest BCUT2D eigenvalue weighted by Gasteiger charge is -2.20. The van der Waals surface area contributed by atoms with E-state index in [0.29, 0.717) is 11.5 Å². The number of aliphatic hydroxyl groups excluding tert-OH is 1. The van der Waals surface area contributed by atoms with Gasteiger partial charge in [-0.05, 0) is 13.8 Å². The summed E-state index contributed by atoms with van der Waals surface area (Å²) in [6, 6.07) is 1.33. The van der Waals surface area contributed by atoms with Crippen LogP contribution >= 0.6 is 11.6 Å². The molecule has 1 fully saturated rings. The van der Waals surface area contributed by atoms with E-state index >= 15 is 0 Å². The van der Waals surface area contributed by atoms with Crippen molar-refractivity contribution in [2.75, 3.05) is 18.5 Å². The van der Waals surface area contributed by atoms with Crippen LogP contribution in [0.15, 0.2) is 12.4 Å². The molecule has 6 nitrogen and oxygen atoms in total. The summed E-state index contributed by atoms with van der Waals surface area (Å²) in [4.78, 5) is 22.0. The van der Waals surface area contributed by atoms with Crippen molar-refractivity contribution >= 4 is 23.4 Å². The summed E-state index contributed by atoms with van der Waals surface area (Å²) in [5.41, 5.74) is 0.601. The molecule has 2 heterocycles. The van der Waals surface area contributed by atoms with Gasteiger partial charge in [0.15, 0.2) is 6.23 Å². The lowest BCUT2D eigenvalue weighted by Crippen LogP contribution is -2.35. The number of nitrogens with zero attached hydrogens (tertiary/aromatic N) is 4. The fraction of sp³-hybridized carbons (Fsp3) is 0.545. The summed E-state index contributed by atoms with van der Waals surface area (Å²) in [5, 5.41) is 9.85. The molecule has 98 valence electrons. The highest BCUT2D eigenvalue weighted by molar-refractivity contribution is 6.23. The van der Waals surface area contributed by atoms with Crippen LogP contribution in [0.5, 0.6) is 0 Å². The van der Waals surface area contributed by atoms with Crippen molar-refractivity contribution in [3.63, 3.8) is 0 Å². The van der Waals surface area contributed by atoms with Gasteiger partial charge in [0, 0.05) is 13.1 Å². The zero-order valence-electron chi connectivity index (χ0n) is 10.5. The molecule has 0 spiro atoms. The third-order valence-electron chi connectivity index (χ3n) is 2.78. The topological polar surface area (TPSA) is 69.6 Å². The molecule has 1 aromatic rings. The van der Waals surface area contributed by atoms with Crippen molar-refractivity contribution in [1.29, 1.82) is 0 Å². The van der Waals surface area contributed by atoms with Gasteiger partial charge in [0.05, 0.1) is 17.1 Å². The van der Waals surface area contributed by atoms with Crippen LogP contribution in [0, 0.1) is 0 Å². The molecule has 1 aliphatic rings. The number of carbonyl (C=O) groups excluding carboxylic acids is 1. The van der Waals surface area contributed by atoms with Crippen LogP contribution in [0.25, 0.3) is 0 Å². The number of amides is 2. The van der Waals surface area contributed by atoms with Gasteiger partial charge in [-0.25, -0.2) is 19.7 Å². The van der Waals surface area contributed by atoms with Gasteiger partial charge in [-0.3, -0.25) is 0 Å². The van der Waals surface area contributed by atoms with Crippen LogP contribution in [0.1, 0.15) is 19.5 Å². The van der Waals surface area contributed by atoms with Crippen LogP contribution < -0.4 is 4.90 Å². The van der Waals surface area contributed by atoms with Crippen molar-refractivity contribution in [3.05, 3.63) is 18.1 Å². The minimum Gasteiger partial charge on any atom is -0.371 e. The molecule has 0 aliphatic carbocycles. The Hall–Kier alpha value is -1.40. The predicted octanol–water partition coefficient (Wildman–Crippen LogP) is 1.14. The fourth-order valence-corrected chi connectivity index (χ4v) is 1.87. The van der Waals surface area contributed by atoms with Crippen LogP contribution in [0.4, 0.5) is 10.6 Å². The van der Waals surface area contributed by atoms with Crippen molar-refractivity contribution in [2.45, 2.75) is 24.9 Å². The standard InChI is InChI=1S/C11H15ClN4O2/c1-11(2,12)7-4-8(14-6-13-7)16-9(17)5-15(3)10(16)18/h4,6,9,17H,5H2,1-3H3. The highest BCUT2D eigenvalue weighted by Crippen LogP contribution is 2.29. The van der Waals surface area contributed by atoms with Crippen LogP contribution in [0.2, 0.25) is 0 Å². The fourth-order valence-electron chi connectivity index (χ4n) is 1.77. The minimum atomic E-state index is -0.899. The number of β-amino-alcohol motifs (C(OH)–C–C–N with tert-alkyl or cyclic N) is 1. The largest absolute Gasteiger partial charge is 0.371 e. The van der Waals surface area contributed by atoms with Gasteiger partial charge in [-0.2, -0.15) is 0 Å². The van der Waals surface area contributed by atoms with Crippen molar-refractivity contribution in [3.8, 4) is 0 Å². The van der Waals surface area contributed by atoms with E-state index in [-0.39, 0.29) is 12.6 Å². The number of rotatable bonds is 2. The average Bonchev–Trinajstić information content (AvgIpc) is 2.52. The van der Waals surface area contributed by atoms with Crippen molar-refractivity contribution in [2.24, 2.45) is 0 Å². The first-order chi connectivity index (χ1) is 8.30. The number of alkyl halides is 1. The number of hydrogen-bond donors (Lipinski definition) is 1. The number of aromatic nitrogens is 2. The Bertz CT molecular complexity index is 474. The minimum absolute atomic E-state index is 0.252. The van der Waals surface area contributed by atoms with E-state index in [2.05, 4.69) is 9.97 Å². The molecule has 1 N–H and O–H groups in total. The molecule has 7 heteroatoms. The molecule has 0 radical (unpaired) electrons. The maximum absolute atomic E-state index is 11.9. The summed E-state index contributed by atoms with van der Waals surface area (Å²) in [6.45, 7) is 3.85. The Morgan fingerprint density at radius 1 is 1.50 bits per heavy atom. The number of aliphatic hydroxyl groups is 1. The van der Waals surface area contributed by atoms with Crippen LogP contribution in [0.3, 0.4) is 0 Å². The van der Waals surface area contributed by atoms with Crippen molar-refractivity contribution in [1.82, 2.24) is 14.9 Å². The number of likely N-dealkylation sites (N-methyl/N-ethyl adjacent to an activating group) is 1. The Morgan fingerprint density at radius 2 is 2.17 bits per heavy atom. The predicted molar refractivity (Wildman–Crippen MR) is 67.4 cm³/mol. The number of anilines is 1. The maximum Gasteiger partial charge on any atom is 0.327 e. The Morgan fingerprint density at radius 3 is 2.67 bits per heavy atom. The molecular weight excluding hydrogens is 256 g/mol. The van der Waals surface area contributed by atoms with E-state index in [4.69, 9.17) is 11.6 Å². The summed E-state index contributed by atoms with van der Waals surface area (Å²) < 4.78 is 0. The van der Waals surface area contributed by atoms with Gasteiger partial charge in [0.2, 0.25) is 0 Å². The zero-order valence-corrected chi connectivity index (χ0v) is 11.2. The van der Waals surface area contributed by atoms with Crippen LogP contribution in [-0.4, -0.2) is 45.8 Å². The summed E-state index contributed by atoms with van der Waals surface area (Å²) >= 11 is 6.17. The molecule has 0 aromatic carbocycles. The lowest BCUT2D eigenvalue weighted by atomic mass is 10.1. The molecule has 2 amide bonds. The first-order valence-electron chi connectivity index (χ1n) is 5.54. The number of hydrogen-bond acceptors (Lipinski definition) is 4. The first kappa shape index (κ1) is 13.0. The van der Waals surface area contributed by atoms with Gasteiger partial charge in [0.1, 0.15) is 12.1 Å². The second kappa shape index (κ2) is 4.37. The smallest absolute Gasteiger partial charge is 0.327 e. The van der Waals surface area contributed by atoms with E-state index in [1.54, 1.807) is 27.0 Å². The average molecular weight is 271 g/mol. The van der Waals surface area contributed by atoms with E-state index in [9.17, 15) is 9.90 Å².